The van der Waals surface area contributed by atoms with Crippen LogP contribution in [-0.2, 0) is 10.0 Å². The van der Waals surface area contributed by atoms with E-state index in [1.165, 1.54) is 12.8 Å². The second-order valence-electron chi connectivity index (χ2n) is 6.15. The maximum absolute atomic E-state index is 12.8. The third-order valence-electron chi connectivity index (χ3n) is 4.33. The van der Waals surface area contributed by atoms with Gasteiger partial charge in [-0.15, -0.1) is 0 Å². The average Bonchev–Trinajstić information content (AvgIpc) is 3.19. The number of hydrogen-bond acceptors (Lipinski definition) is 5. The monoisotopic (exact) mass is 313 g/mol. The summed E-state index contributed by atoms with van der Waals surface area (Å²) >= 11 is 0. The van der Waals surface area contributed by atoms with Gasteiger partial charge in [-0.05, 0) is 45.6 Å². The van der Waals surface area contributed by atoms with Crippen molar-refractivity contribution < 1.29 is 12.9 Å². The van der Waals surface area contributed by atoms with E-state index in [0.717, 1.165) is 32.0 Å². The van der Waals surface area contributed by atoms with E-state index in [1.54, 1.807) is 18.2 Å². The Hall–Kier alpha value is -0.920. The first-order valence-electron chi connectivity index (χ1n) is 7.64. The molecule has 1 aromatic heterocycles. The minimum Gasteiger partial charge on any atom is -0.360 e. The molecule has 0 unspecified atom stereocenters. The highest BCUT2D eigenvalue weighted by atomic mass is 32.2. The van der Waals surface area contributed by atoms with Crippen molar-refractivity contribution in [3.63, 3.8) is 0 Å². The van der Waals surface area contributed by atoms with Gasteiger partial charge in [-0.25, -0.2) is 8.42 Å². The third-order valence-corrected chi connectivity index (χ3v) is 6.47. The minimum absolute atomic E-state index is 0.248. The summed E-state index contributed by atoms with van der Waals surface area (Å²) in [6.45, 7) is 7.40. The first-order chi connectivity index (χ1) is 9.98. The fraction of sp³-hybridized carbons (Fsp3) is 0.786. The SMILES string of the molecule is Cc1noc(C)c1S(=O)(=O)N1CCCN(CC2CC2)CC1. The fourth-order valence-corrected chi connectivity index (χ4v) is 4.77. The van der Waals surface area contributed by atoms with E-state index in [0.29, 0.717) is 24.5 Å². The molecule has 3 rings (SSSR count). The van der Waals surface area contributed by atoms with Crippen LogP contribution in [0.15, 0.2) is 9.42 Å². The van der Waals surface area contributed by atoms with Crippen LogP contribution in [0.25, 0.3) is 0 Å². The highest BCUT2D eigenvalue weighted by Gasteiger charge is 2.33. The van der Waals surface area contributed by atoms with Crippen molar-refractivity contribution in [2.75, 3.05) is 32.7 Å². The second kappa shape index (κ2) is 5.70. The van der Waals surface area contributed by atoms with Crippen molar-refractivity contribution in [2.45, 2.75) is 38.0 Å². The van der Waals surface area contributed by atoms with Crippen molar-refractivity contribution in [3.05, 3.63) is 11.5 Å². The van der Waals surface area contributed by atoms with Crippen molar-refractivity contribution in [1.29, 1.82) is 0 Å². The Balaban J connectivity index is 1.73. The molecule has 2 fully saturated rings. The minimum atomic E-state index is -3.49. The zero-order chi connectivity index (χ0) is 15.0. The molecule has 1 aromatic rings. The van der Waals surface area contributed by atoms with E-state index in [9.17, 15) is 8.42 Å². The molecule has 1 saturated heterocycles. The van der Waals surface area contributed by atoms with Crippen LogP contribution in [-0.4, -0.2) is 55.5 Å². The number of sulfonamides is 1. The van der Waals surface area contributed by atoms with E-state index in [4.69, 9.17) is 4.52 Å². The van der Waals surface area contributed by atoms with Gasteiger partial charge in [-0.1, -0.05) is 5.16 Å². The maximum atomic E-state index is 12.8. The van der Waals surface area contributed by atoms with Gasteiger partial charge in [0.1, 0.15) is 10.6 Å². The molecule has 0 N–H and O–H groups in total. The first kappa shape index (κ1) is 15.0. The van der Waals surface area contributed by atoms with Gasteiger partial charge in [-0.3, -0.25) is 0 Å². The predicted octanol–water partition coefficient (Wildman–Crippen LogP) is 1.40. The van der Waals surface area contributed by atoms with E-state index >= 15 is 0 Å². The lowest BCUT2D eigenvalue weighted by molar-refractivity contribution is 0.275. The molecule has 21 heavy (non-hydrogen) atoms. The molecule has 0 amide bonds. The number of aromatic nitrogens is 1. The Morgan fingerprint density at radius 2 is 1.95 bits per heavy atom. The lowest BCUT2D eigenvalue weighted by atomic mass is 10.3. The van der Waals surface area contributed by atoms with E-state index in [-0.39, 0.29) is 4.90 Å². The Labute approximate surface area is 126 Å². The second-order valence-corrected chi connectivity index (χ2v) is 8.03. The van der Waals surface area contributed by atoms with Gasteiger partial charge < -0.3 is 9.42 Å². The maximum Gasteiger partial charge on any atom is 0.248 e. The lowest BCUT2D eigenvalue weighted by Gasteiger charge is -2.21. The topological polar surface area (TPSA) is 66.7 Å². The van der Waals surface area contributed by atoms with Gasteiger partial charge in [0.05, 0.1) is 0 Å². The molecule has 118 valence electrons. The smallest absolute Gasteiger partial charge is 0.248 e. The molecule has 7 heteroatoms. The number of rotatable bonds is 4. The summed E-state index contributed by atoms with van der Waals surface area (Å²) in [4.78, 5) is 2.65. The summed E-state index contributed by atoms with van der Waals surface area (Å²) in [5.74, 6) is 1.22. The van der Waals surface area contributed by atoms with Crippen LogP contribution in [0.5, 0.6) is 0 Å². The van der Waals surface area contributed by atoms with Crippen molar-refractivity contribution in [3.8, 4) is 0 Å². The third kappa shape index (κ3) is 3.14. The van der Waals surface area contributed by atoms with Crippen LogP contribution in [0.1, 0.15) is 30.7 Å². The van der Waals surface area contributed by atoms with E-state index in [2.05, 4.69) is 10.1 Å². The largest absolute Gasteiger partial charge is 0.360 e. The highest BCUT2D eigenvalue weighted by Crippen LogP contribution is 2.30. The molecule has 1 saturated carbocycles. The molecule has 0 bridgehead atoms. The van der Waals surface area contributed by atoms with Gasteiger partial charge in [0.15, 0.2) is 5.76 Å². The zero-order valence-corrected chi connectivity index (χ0v) is 13.5. The number of hydrogen-bond donors (Lipinski definition) is 0. The Bertz CT molecular complexity index is 587. The van der Waals surface area contributed by atoms with Crippen molar-refractivity contribution in [2.24, 2.45) is 5.92 Å². The van der Waals surface area contributed by atoms with Crippen LogP contribution in [0, 0.1) is 19.8 Å². The van der Waals surface area contributed by atoms with Crippen LogP contribution in [0.3, 0.4) is 0 Å². The average molecular weight is 313 g/mol. The number of nitrogens with zero attached hydrogens (tertiary/aromatic N) is 3. The number of aryl methyl sites for hydroxylation is 2. The molecule has 2 heterocycles. The van der Waals surface area contributed by atoms with Crippen LogP contribution in [0.2, 0.25) is 0 Å². The van der Waals surface area contributed by atoms with Crippen LogP contribution >= 0.6 is 0 Å². The highest BCUT2D eigenvalue weighted by molar-refractivity contribution is 7.89. The van der Waals surface area contributed by atoms with E-state index < -0.39 is 10.0 Å². The molecular formula is C14H23N3O3S. The van der Waals surface area contributed by atoms with E-state index in [1.807, 2.05) is 0 Å². The van der Waals surface area contributed by atoms with Gasteiger partial charge in [0.25, 0.3) is 0 Å². The quantitative estimate of drug-likeness (QED) is 0.840. The predicted molar refractivity (Wildman–Crippen MR) is 78.5 cm³/mol. The molecule has 2 aliphatic rings. The molecule has 0 radical (unpaired) electrons. The molecule has 1 aliphatic carbocycles. The van der Waals surface area contributed by atoms with Gasteiger partial charge in [0.2, 0.25) is 10.0 Å². The van der Waals surface area contributed by atoms with Crippen molar-refractivity contribution in [1.82, 2.24) is 14.4 Å². The van der Waals surface area contributed by atoms with Crippen LogP contribution in [0.4, 0.5) is 0 Å². The van der Waals surface area contributed by atoms with Crippen molar-refractivity contribution >= 4 is 10.0 Å². The fourth-order valence-electron chi connectivity index (χ4n) is 3.01. The lowest BCUT2D eigenvalue weighted by Crippen LogP contribution is -2.36. The summed E-state index contributed by atoms with van der Waals surface area (Å²) in [6, 6.07) is 0. The van der Waals surface area contributed by atoms with Gasteiger partial charge in [-0.2, -0.15) is 4.31 Å². The summed E-state index contributed by atoms with van der Waals surface area (Å²) in [7, 11) is -3.49. The summed E-state index contributed by atoms with van der Waals surface area (Å²) in [5, 5.41) is 3.77. The summed E-state index contributed by atoms with van der Waals surface area (Å²) < 4.78 is 32.2. The summed E-state index contributed by atoms with van der Waals surface area (Å²) in [6.07, 6.45) is 3.55. The first-order valence-corrected chi connectivity index (χ1v) is 9.08. The van der Waals surface area contributed by atoms with Crippen LogP contribution < -0.4 is 0 Å². The van der Waals surface area contributed by atoms with Gasteiger partial charge in [0, 0.05) is 26.2 Å². The summed E-state index contributed by atoms with van der Waals surface area (Å²) in [5.41, 5.74) is 0.451. The Morgan fingerprint density at radius 1 is 1.19 bits per heavy atom. The van der Waals surface area contributed by atoms with Gasteiger partial charge >= 0.3 is 0 Å². The normalized spacial score (nSPS) is 22.4. The zero-order valence-electron chi connectivity index (χ0n) is 12.7. The standard InChI is InChI=1S/C14H23N3O3S/c1-11-14(12(2)20-15-11)21(18,19)17-7-3-6-16(8-9-17)10-13-4-5-13/h13H,3-10H2,1-2H3. The Morgan fingerprint density at radius 3 is 2.57 bits per heavy atom. The molecule has 0 atom stereocenters. The Kier molecular flexibility index (Phi) is 4.07. The molecule has 0 aromatic carbocycles. The molecule has 0 spiro atoms. The molecular weight excluding hydrogens is 290 g/mol. The molecule has 6 nitrogen and oxygen atoms in total. The molecule has 1 aliphatic heterocycles.